The third kappa shape index (κ3) is 3.94. The monoisotopic (exact) mass is 323 g/mol. The van der Waals surface area contributed by atoms with Crippen molar-refractivity contribution in [2.24, 2.45) is 5.92 Å². The zero-order chi connectivity index (χ0) is 16.9. The molecule has 4 heteroatoms. The molecule has 0 spiro atoms. The number of anilines is 1. The lowest BCUT2D eigenvalue weighted by molar-refractivity contribution is 0.0684. The van der Waals surface area contributed by atoms with E-state index in [1.807, 2.05) is 42.1 Å². The first kappa shape index (κ1) is 16.5. The van der Waals surface area contributed by atoms with Gasteiger partial charge in [-0.15, -0.1) is 0 Å². The zero-order valence-electron chi connectivity index (χ0n) is 14.5. The number of pyridine rings is 1. The normalized spacial score (nSPS) is 15.3. The van der Waals surface area contributed by atoms with E-state index in [-0.39, 0.29) is 5.91 Å². The van der Waals surface area contributed by atoms with E-state index in [1.54, 1.807) is 0 Å². The molecule has 4 nitrogen and oxygen atoms in total. The number of hydrogen-bond donors (Lipinski definition) is 0. The lowest BCUT2D eigenvalue weighted by Gasteiger charge is -2.32. The van der Waals surface area contributed by atoms with Crippen molar-refractivity contribution < 1.29 is 4.79 Å². The fourth-order valence-corrected chi connectivity index (χ4v) is 3.24. The second-order valence-corrected chi connectivity index (χ2v) is 6.70. The van der Waals surface area contributed by atoms with Gasteiger partial charge in [-0.3, -0.25) is 4.79 Å². The van der Waals surface area contributed by atoms with Crippen molar-refractivity contribution in [3.63, 3.8) is 0 Å². The Morgan fingerprint density at radius 3 is 2.46 bits per heavy atom. The Labute approximate surface area is 144 Å². The van der Waals surface area contributed by atoms with Crippen molar-refractivity contribution >= 4 is 11.7 Å². The molecule has 1 aromatic carbocycles. The van der Waals surface area contributed by atoms with Crippen LogP contribution in [0.4, 0.5) is 5.82 Å². The summed E-state index contributed by atoms with van der Waals surface area (Å²) in [5.74, 6) is 1.54. The molecule has 1 fully saturated rings. The van der Waals surface area contributed by atoms with E-state index < -0.39 is 0 Å². The number of amides is 1. The molecule has 1 aliphatic rings. The zero-order valence-corrected chi connectivity index (χ0v) is 14.5. The maximum Gasteiger partial charge on any atom is 0.272 e. The van der Waals surface area contributed by atoms with Crippen molar-refractivity contribution in [3.8, 4) is 0 Å². The predicted molar refractivity (Wildman–Crippen MR) is 97.3 cm³/mol. The molecule has 0 saturated carbocycles. The molecule has 0 aliphatic carbocycles. The van der Waals surface area contributed by atoms with Gasteiger partial charge in [-0.05, 0) is 42.9 Å². The number of carbonyl (C=O) groups excluding carboxylic acids is 1. The third-order valence-electron chi connectivity index (χ3n) is 4.68. The maximum atomic E-state index is 12.7. The molecule has 3 rings (SSSR count). The first-order chi connectivity index (χ1) is 11.6. The molecule has 0 radical (unpaired) electrons. The standard InChI is InChI=1S/C20H25N3O/c1-22(2)19-10-6-9-18(21-19)20(24)23-13-11-17(12-14-23)15-16-7-4-3-5-8-16/h3-10,17H,11-15H2,1-2H3. The average Bonchev–Trinajstić information content (AvgIpc) is 2.63. The van der Waals surface area contributed by atoms with Crippen LogP contribution in [0.2, 0.25) is 0 Å². The second-order valence-electron chi connectivity index (χ2n) is 6.70. The van der Waals surface area contributed by atoms with Crippen LogP contribution in [-0.4, -0.2) is 43.0 Å². The molecule has 0 unspecified atom stereocenters. The van der Waals surface area contributed by atoms with E-state index in [2.05, 4.69) is 35.3 Å². The number of hydrogen-bond acceptors (Lipinski definition) is 3. The van der Waals surface area contributed by atoms with Gasteiger partial charge in [0.2, 0.25) is 0 Å². The van der Waals surface area contributed by atoms with E-state index in [9.17, 15) is 4.79 Å². The number of aromatic nitrogens is 1. The highest BCUT2D eigenvalue weighted by Crippen LogP contribution is 2.23. The lowest BCUT2D eigenvalue weighted by atomic mass is 9.90. The highest BCUT2D eigenvalue weighted by Gasteiger charge is 2.24. The Morgan fingerprint density at radius 2 is 1.79 bits per heavy atom. The quantitative estimate of drug-likeness (QED) is 0.867. The average molecular weight is 323 g/mol. The Balaban J connectivity index is 1.58. The van der Waals surface area contributed by atoms with E-state index in [0.29, 0.717) is 11.6 Å². The Hall–Kier alpha value is -2.36. The number of likely N-dealkylation sites (tertiary alicyclic amines) is 1. The van der Waals surface area contributed by atoms with Crippen LogP contribution in [0.5, 0.6) is 0 Å². The van der Waals surface area contributed by atoms with Gasteiger partial charge in [0.15, 0.2) is 0 Å². The Kier molecular flexibility index (Phi) is 5.14. The highest BCUT2D eigenvalue weighted by molar-refractivity contribution is 5.92. The van der Waals surface area contributed by atoms with E-state index in [4.69, 9.17) is 0 Å². The van der Waals surface area contributed by atoms with Crippen molar-refractivity contribution in [2.45, 2.75) is 19.3 Å². The summed E-state index contributed by atoms with van der Waals surface area (Å²) in [7, 11) is 3.87. The second kappa shape index (κ2) is 7.47. The van der Waals surface area contributed by atoms with Crippen LogP contribution in [0, 0.1) is 5.92 Å². The van der Waals surface area contributed by atoms with Gasteiger partial charge in [0.1, 0.15) is 11.5 Å². The summed E-state index contributed by atoms with van der Waals surface area (Å²) in [5, 5.41) is 0. The van der Waals surface area contributed by atoms with Crippen molar-refractivity contribution in [1.82, 2.24) is 9.88 Å². The largest absolute Gasteiger partial charge is 0.363 e. The summed E-state index contributed by atoms with van der Waals surface area (Å²) in [4.78, 5) is 21.0. The molecule has 1 amide bonds. The summed E-state index contributed by atoms with van der Waals surface area (Å²) >= 11 is 0. The molecule has 126 valence electrons. The number of rotatable bonds is 4. The summed E-state index contributed by atoms with van der Waals surface area (Å²) in [6.45, 7) is 1.65. The predicted octanol–water partition coefficient (Wildman–Crippen LogP) is 3.24. The molecule has 1 aliphatic heterocycles. The van der Waals surface area contributed by atoms with E-state index in [0.717, 1.165) is 38.2 Å². The first-order valence-corrected chi connectivity index (χ1v) is 8.61. The lowest BCUT2D eigenvalue weighted by Crippen LogP contribution is -2.39. The summed E-state index contributed by atoms with van der Waals surface area (Å²) in [6, 6.07) is 16.3. The van der Waals surface area contributed by atoms with Gasteiger partial charge in [0.25, 0.3) is 5.91 Å². The van der Waals surface area contributed by atoms with Crippen molar-refractivity contribution in [3.05, 3.63) is 59.8 Å². The third-order valence-corrected chi connectivity index (χ3v) is 4.68. The van der Waals surface area contributed by atoms with Crippen LogP contribution in [0.25, 0.3) is 0 Å². The van der Waals surface area contributed by atoms with Crippen LogP contribution < -0.4 is 4.90 Å². The topological polar surface area (TPSA) is 36.4 Å². The first-order valence-electron chi connectivity index (χ1n) is 8.61. The molecule has 0 atom stereocenters. The van der Waals surface area contributed by atoms with Gasteiger partial charge in [0, 0.05) is 27.2 Å². The van der Waals surface area contributed by atoms with Gasteiger partial charge in [-0.2, -0.15) is 0 Å². The summed E-state index contributed by atoms with van der Waals surface area (Å²) in [6.07, 6.45) is 3.24. The SMILES string of the molecule is CN(C)c1cccc(C(=O)N2CCC(Cc3ccccc3)CC2)n1. The maximum absolute atomic E-state index is 12.7. The molecular weight excluding hydrogens is 298 g/mol. The molecule has 0 N–H and O–H groups in total. The van der Waals surface area contributed by atoms with E-state index in [1.165, 1.54) is 5.56 Å². The van der Waals surface area contributed by atoms with Gasteiger partial charge >= 0.3 is 0 Å². The minimum absolute atomic E-state index is 0.0526. The van der Waals surface area contributed by atoms with Crippen LogP contribution in [0.3, 0.4) is 0 Å². The Bertz CT molecular complexity index is 676. The van der Waals surface area contributed by atoms with Gasteiger partial charge in [-0.25, -0.2) is 4.98 Å². The summed E-state index contributed by atoms with van der Waals surface area (Å²) in [5.41, 5.74) is 1.94. The minimum Gasteiger partial charge on any atom is -0.363 e. The number of nitrogens with zero attached hydrogens (tertiary/aromatic N) is 3. The van der Waals surface area contributed by atoms with Gasteiger partial charge in [0.05, 0.1) is 0 Å². The molecular formula is C20H25N3O. The smallest absolute Gasteiger partial charge is 0.272 e. The molecule has 1 saturated heterocycles. The molecule has 2 heterocycles. The molecule has 0 bridgehead atoms. The highest BCUT2D eigenvalue weighted by atomic mass is 16.2. The fourth-order valence-electron chi connectivity index (χ4n) is 3.24. The van der Waals surface area contributed by atoms with E-state index >= 15 is 0 Å². The number of piperidine rings is 1. The van der Waals surface area contributed by atoms with Gasteiger partial charge in [-0.1, -0.05) is 36.4 Å². The fraction of sp³-hybridized carbons (Fsp3) is 0.400. The van der Waals surface area contributed by atoms with Crippen LogP contribution in [0.1, 0.15) is 28.9 Å². The Morgan fingerprint density at radius 1 is 1.08 bits per heavy atom. The number of carbonyl (C=O) groups is 1. The van der Waals surface area contributed by atoms with Crippen molar-refractivity contribution in [1.29, 1.82) is 0 Å². The van der Waals surface area contributed by atoms with Gasteiger partial charge < -0.3 is 9.80 Å². The number of benzene rings is 1. The molecule has 2 aromatic rings. The summed E-state index contributed by atoms with van der Waals surface area (Å²) < 4.78 is 0. The minimum atomic E-state index is 0.0526. The van der Waals surface area contributed by atoms with Crippen LogP contribution in [-0.2, 0) is 6.42 Å². The van der Waals surface area contributed by atoms with Crippen LogP contribution in [0.15, 0.2) is 48.5 Å². The molecule has 24 heavy (non-hydrogen) atoms. The van der Waals surface area contributed by atoms with Crippen LogP contribution >= 0.6 is 0 Å². The van der Waals surface area contributed by atoms with Crippen molar-refractivity contribution in [2.75, 3.05) is 32.1 Å². The molecule has 1 aromatic heterocycles.